The Morgan fingerprint density at radius 2 is 1.95 bits per heavy atom. The second-order valence-electron chi connectivity index (χ2n) is 6.22. The molecule has 3 nitrogen and oxygen atoms in total. The van der Waals surface area contributed by atoms with E-state index in [9.17, 15) is 8.78 Å². The topological polar surface area (TPSA) is 29.9 Å². The van der Waals surface area contributed by atoms with Crippen LogP contribution in [0.3, 0.4) is 0 Å². The minimum atomic E-state index is -0.562. The molecule has 1 heterocycles. The Labute approximate surface area is 124 Å². The Hall–Kier alpha value is -1.75. The number of nitrogens with one attached hydrogen (secondary N) is 1. The molecule has 0 saturated carbocycles. The standard InChI is InChI=1S/C16H21F2N3/c1-11-19-8-14(9-20-16(2,3)4)21(11)10-12-5-6-13(17)7-15(12)18/h5-8,20H,9-10H2,1-4H3. The van der Waals surface area contributed by atoms with Crippen molar-refractivity contribution >= 4 is 0 Å². The summed E-state index contributed by atoms with van der Waals surface area (Å²) in [5.41, 5.74) is 1.42. The number of rotatable bonds is 4. The second-order valence-corrected chi connectivity index (χ2v) is 6.22. The van der Waals surface area contributed by atoms with E-state index in [1.807, 2.05) is 11.5 Å². The summed E-state index contributed by atoms with van der Waals surface area (Å²) in [4.78, 5) is 4.29. The van der Waals surface area contributed by atoms with Gasteiger partial charge >= 0.3 is 0 Å². The molecule has 0 spiro atoms. The van der Waals surface area contributed by atoms with Crippen molar-refractivity contribution in [2.45, 2.75) is 46.3 Å². The number of benzene rings is 1. The summed E-state index contributed by atoms with van der Waals surface area (Å²) in [5, 5.41) is 3.39. The first-order chi connectivity index (χ1) is 9.76. The highest BCUT2D eigenvalue weighted by Crippen LogP contribution is 2.15. The van der Waals surface area contributed by atoms with Crippen molar-refractivity contribution in [3.63, 3.8) is 0 Å². The molecule has 0 bridgehead atoms. The van der Waals surface area contributed by atoms with Crippen LogP contribution < -0.4 is 5.32 Å². The van der Waals surface area contributed by atoms with Gasteiger partial charge in [0.15, 0.2) is 0 Å². The zero-order valence-corrected chi connectivity index (χ0v) is 12.9. The van der Waals surface area contributed by atoms with E-state index in [1.165, 1.54) is 12.1 Å². The van der Waals surface area contributed by atoms with Gasteiger partial charge < -0.3 is 9.88 Å². The highest BCUT2D eigenvalue weighted by atomic mass is 19.1. The highest BCUT2D eigenvalue weighted by molar-refractivity contribution is 5.20. The first-order valence-corrected chi connectivity index (χ1v) is 6.96. The Morgan fingerprint density at radius 1 is 1.24 bits per heavy atom. The van der Waals surface area contributed by atoms with E-state index in [4.69, 9.17) is 0 Å². The number of hydrogen-bond acceptors (Lipinski definition) is 2. The summed E-state index contributed by atoms with van der Waals surface area (Å²) in [6.07, 6.45) is 1.79. The quantitative estimate of drug-likeness (QED) is 0.936. The van der Waals surface area contributed by atoms with Gasteiger partial charge in [-0.15, -0.1) is 0 Å². The molecule has 0 radical (unpaired) electrons. The van der Waals surface area contributed by atoms with Crippen LogP contribution in [0.5, 0.6) is 0 Å². The molecule has 5 heteroatoms. The average Bonchev–Trinajstić information content (AvgIpc) is 2.71. The molecule has 1 N–H and O–H groups in total. The van der Waals surface area contributed by atoms with Crippen molar-refractivity contribution in [1.82, 2.24) is 14.9 Å². The maximum Gasteiger partial charge on any atom is 0.131 e. The molecule has 0 aliphatic rings. The van der Waals surface area contributed by atoms with E-state index in [2.05, 4.69) is 31.1 Å². The van der Waals surface area contributed by atoms with Crippen LogP contribution in [0.15, 0.2) is 24.4 Å². The zero-order chi connectivity index (χ0) is 15.6. The second kappa shape index (κ2) is 5.93. The van der Waals surface area contributed by atoms with Gasteiger partial charge in [0.2, 0.25) is 0 Å². The molecule has 0 atom stereocenters. The smallest absolute Gasteiger partial charge is 0.131 e. The molecule has 2 aromatic rings. The van der Waals surface area contributed by atoms with Gasteiger partial charge in [0.05, 0.1) is 12.2 Å². The SMILES string of the molecule is Cc1ncc(CNC(C)(C)C)n1Cc1ccc(F)cc1F. The highest BCUT2D eigenvalue weighted by Gasteiger charge is 2.13. The van der Waals surface area contributed by atoms with Crippen molar-refractivity contribution in [2.75, 3.05) is 0 Å². The lowest BCUT2D eigenvalue weighted by Gasteiger charge is -2.21. The average molecular weight is 293 g/mol. The van der Waals surface area contributed by atoms with Crippen LogP contribution in [0.4, 0.5) is 8.78 Å². The lowest BCUT2D eigenvalue weighted by Crippen LogP contribution is -2.35. The van der Waals surface area contributed by atoms with Crippen LogP contribution in [0, 0.1) is 18.6 Å². The minimum absolute atomic E-state index is 0.00979. The molecule has 114 valence electrons. The lowest BCUT2D eigenvalue weighted by molar-refractivity contribution is 0.416. The van der Waals surface area contributed by atoms with Gasteiger partial charge in [0.25, 0.3) is 0 Å². The first kappa shape index (κ1) is 15.6. The van der Waals surface area contributed by atoms with E-state index in [1.54, 1.807) is 6.20 Å². The van der Waals surface area contributed by atoms with Crippen molar-refractivity contribution < 1.29 is 8.78 Å². The zero-order valence-electron chi connectivity index (χ0n) is 12.9. The van der Waals surface area contributed by atoms with Crippen LogP contribution in [0.25, 0.3) is 0 Å². The van der Waals surface area contributed by atoms with E-state index in [0.29, 0.717) is 18.7 Å². The molecule has 0 aliphatic heterocycles. The first-order valence-electron chi connectivity index (χ1n) is 6.96. The lowest BCUT2D eigenvalue weighted by atomic mass is 10.1. The van der Waals surface area contributed by atoms with Crippen LogP contribution in [-0.2, 0) is 13.1 Å². The molecule has 0 amide bonds. The normalized spacial score (nSPS) is 11.9. The molecular formula is C16H21F2N3. The summed E-state index contributed by atoms with van der Waals surface area (Å²) in [6, 6.07) is 3.66. The van der Waals surface area contributed by atoms with Gasteiger partial charge in [-0.05, 0) is 33.8 Å². The van der Waals surface area contributed by atoms with Crippen molar-refractivity contribution in [3.8, 4) is 0 Å². The van der Waals surface area contributed by atoms with Crippen molar-refractivity contribution in [3.05, 3.63) is 53.1 Å². The number of aryl methyl sites for hydroxylation is 1. The van der Waals surface area contributed by atoms with Gasteiger partial charge in [0.1, 0.15) is 17.5 Å². The molecule has 1 aromatic carbocycles. The fraction of sp³-hybridized carbons (Fsp3) is 0.438. The summed E-state index contributed by atoms with van der Waals surface area (Å²) < 4.78 is 28.7. The molecule has 1 aromatic heterocycles. The molecule has 21 heavy (non-hydrogen) atoms. The number of halogens is 2. The monoisotopic (exact) mass is 293 g/mol. The van der Waals surface area contributed by atoms with Gasteiger partial charge in [-0.1, -0.05) is 6.07 Å². The number of imidazole rings is 1. The molecule has 0 unspecified atom stereocenters. The van der Waals surface area contributed by atoms with E-state index >= 15 is 0 Å². The third kappa shape index (κ3) is 4.11. The van der Waals surface area contributed by atoms with Gasteiger partial charge in [-0.2, -0.15) is 0 Å². The largest absolute Gasteiger partial charge is 0.326 e. The molecule has 2 rings (SSSR count). The third-order valence-corrected chi connectivity index (χ3v) is 3.28. The predicted octanol–water partition coefficient (Wildman–Crippen LogP) is 3.41. The molecular weight excluding hydrogens is 272 g/mol. The van der Waals surface area contributed by atoms with E-state index in [-0.39, 0.29) is 5.54 Å². The van der Waals surface area contributed by atoms with E-state index in [0.717, 1.165) is 17.6 Å². The number of aromatic nitrogens is 2. The maximum atomic E-state index is 13.8. The molecule has 0 fully saturated rings. The Balaban J connectivity index is 2.21. The third-order valence-electron chi connectivity index (χ3n) is 3.28. The van der Waals surface area contributed by atoms with Gasteiger partial charge in [-0.3, -0.25) is 0 Å². The van der Waals surface area contributed by atoms with Crippen LogP contribution in [0.2, 0.25) is 0 Å². The van der Waals surface area contributed by atoms with E-state index < -0.39 is 11.6 Å². The summed E-state index contributed by atoms with van der Waals surface area (Å²) in [7, 11) is 0. The molecule has 0 aliphatic carbocycles. The van der Waals surface area contributed by atoms with Crippen LogP contribution in [0.1, 0.15) is 37.9 Å². The number of hydrogen-bond donors (Lipinski definition) is 1. The maximum absolute atomic E-state index is 13.8. The summed E-state index contributed by atoms with van der Waals surface area (Å²) >= 11 is 0. The van der Waals surface area contributed by atoms with Crippen molar-refractivity contribution in [1.29, 1.82) is 0 Å². The fourth-order valence-electron chi connectivity index (χ4n) is 2.05. The number of nitrogens with zero attached hydrogens (tertiary/aromatic N) is 2. The van der Waals surface area contributed by atoms with Crippen molar-refractivity contribution in [2.24, 2.45) is 0 Å². The minimum Gasteiger partial charge on any atom is -0.326 e. The molecule has 0 saturated heterocycles. The van der Waals surface area contributed by atoms with Gasteiger partial charge in [0, 0.05) is 29.9 Å². The fourth-order valence-corrected chi connectivity index (χ4v) is 2.05. The van der Waals surface area contributed by atoms with Crippen LogP contribution in [-0.4, -0.2) is 15.1 Å². The summed E-state index contributed by atoms with van der Waals surface area (Å²) in [6.45, 7) is 9.12. The summed E-state index contributed by atoms with van der Waals surface area (Å²) in [5.74, 6) is -0.282. The Morgan fingerprint density at radius 3 is 2.57 bits per heavy atom. The Bertz CT molecular complexity index is 627. The predicted molar refractivity (Wildman–Crippen MR) is 79.0 cm³/mol. The van der Waals surface area contributed by atoms with Crippen LogP contribution >= 0.6 is 0 Å². The van der Waals surface area contributed by atoms with Gasteiger partial charge in [-0.25, -0.2) is 13.8 Å². The Kier molecular flexibility index (Phi) is 4.42.